The van der Waals surface area contributed by atoms with Crippen molar-refractivity contribution in [2.75, 3.05) is 7.05 Å². The van der Waals surface area contributed by atoms with E-state index in [1.807, 2.05) is 26.1 Å². The highest BCUT2D eigenvalue weighted by Gasteiger charge is 2.28. The van der Waals surface area contributed by atoms with Crippen LogP contribution in [0.2, 0.25) is 0 Å². The summed E-state index contributed by atoms with van der Waals surface area (Å²) in [5, 5.41) is 9.84. The number of rotatable bonds is 3. The smallest absolute Gasteiger partial charge is 0.225 e. The van der Waals surface area contributed by atoms with Crippen molar-refractivity contribution in [2.24, 2.45) is 5.92 Å². The molecule has 1 amide bonds. The molecule has 1 aliphatic rings. The Kier molecular flexibility index (Phi) is 3.90. The number of aromatic hydroxyl groups is 1. The van der Waals surface area contributed by atoms with E-state index in [9.17, 15) is 9.90 Å². The quantitative estimate of drug-likeness (QED) is 0.891. The molecule has 0 spiro atoms. The van der Waals surface area contributed by atoms with Crippen LogP contribution in [0.15, 0.2) is 24.3 Å². The molecule has 1 aromatic carbocycles. The summed E-state index contributed by atoms with van der Waals surface area (Å²) in [4.78, 5) is 14.1. The normalized spacial score (nSPS) is 17.7. The first-order valence-corrected chi connectivity index (χ1v) is 6.66. The summed E-state index contributed by atoms with van der Waals surface area (Å²) in [5.41, 5.74) is 0.811. The average Bonchev–Trinajstić information content (AvgIpc) is 2.90. The van der Waals surface area contributed by atoms with E-state index in [-0.39, 0.29) is 23.6 Å². The Morgan fingerprint density at radius 2 is 1.94 bits per heavy atom. The van der Waals surface area contributed by atoms with Crippen LogP contribution in [0.25, 0.3) is 0 Å². The van der Waals surface area contributed by atoms with E-state index in [1.165, 1.54) is 0 Å². The minimum absolute atomic E-state index is 0.0840. The van der Waals surface area contributed by atoms with Crippen LogP contribution in [-0.2, 0) is 4.79 Å². The monoisotopic (exact) mass is 247 g/mol. The Balaban J connectivity index is 2.10. The fourth-order valence-corrected chi connectivity index (χ4v) is 2.70. The number of phenolic OH excluding ortho intramolecular Hbond substituents is 1. The van der Waals surface area contributed by atoms with Crippen molar-refractivity contribution in [1.82, 2.24) is 4.90 Å². The Morgan fingerprint density at radius 3 is 2.56 bits per heavy atom. The zero-order valence-corrected chi connectivity index (χ0v) is 11.1. The van der Waals surface area contributed by atoms with Gasteiger partial charge in [0.1, 0.15) is 5.75 Å². The topological polar surface area (TPSA) is 40.5 Å². The third-order valence-electron chi connectivity index (χ3n) is 4.02. The highest BCUT2D eigenvalue weighted by Crippen LogP contribution is 2.31. The van der Waals surface area contributed by atoms with Crippen LogP contribution in [0.3, 0.4) is 0 Å². The molecule has 0 radical (unpaired) electrons. The Bertz CT molecular complexity index is 424. The number of benzene rings is 1. The molecule has 1 fully saturated rings. The van der Waals surface area contributed by atoms with Gasteiger partial charge in [0, 0.05) is 18.5 Å². The molecule has 3 nitrogen and oxygen atoms in total. The SMILES string of the molecule is CC(c1ccccc1O)N(C)C(=O)C1CCCC1. The second kappa shape index (κ2) is 5.42. The lowest BCUT2D eigenvalue weighted by atomic mass is 10.0. The minimum Gasteiger partial charge on any atom is -0.508 e. The van der Waals surface area contributed by atoms with E-state index in [2.05, 4.69) is 0 Å². The largest absolute Gasteiger partial charge is 0.508 e. The van der Waals surface area contributed by atoms with Gasteiger partial charge < -0.3 is 10.0 Å². The summed E-state index contributed by atoms with van der Waals surface area (Å²) in [5.74, 6) is 0.655. The molecule has 1 saturated carbocycles. The lowest BCUT2D eigenvalue weighted by Gasteiger charge is -2.28. The molecular weight excluding hydrogens is 226 g/mol. The van der Waals surface area contributed by atoms with Crippen molar-refractivity contribution in [1.29, 1.82) is 0 Å². The van der Waals surface area contributed by atoms with Gasteiger partial charge in [0.05, 0.1) is 6.04 Å². The van der Waals surface area contributed by atoms with Gasteiger partial charge >= 0.3 is 0 Å². The number of hydrogen-bond acceptors (Lipinski definition) is 2. The van der Waals surface area contributed by atoms with Crippen LogP contribution < -0.4 is 0 Å². The highest BCUT2D eigenvalue weighted by atomic mass is 16.3. The van der Waals surface area contributed by atoms with Gasteiger partial charge in [-0.3, -0.25) is 4.79 Å². The van der Waals surface area contributed by atoms with Gasteiger partial charge in [0.15, 0.2) is 0 Å². The Morgan fingerprint density at radius 1 is 1.33 bits per heavy atom. The van der Waals surface area contributed by atoms with Gasteiger partial charge in [0.25, 0.3) is 0 Å². The molecule has 0 aromatic heterocycles. The minimum atomic E-state index is -0.0840. The maximum Gasteiger partial charge on any atom is 0.225 e. The summed E-state index contributed by atoms with van der Waals surface area (Å²) in [7, 11) is 1.83. The number of nitrogens with zero attached hydrogens (tertiary/aromatic N) is 1. The van der Waals surface area contributed by atoms with Gasteiger partial charge in [-0.1, -0.05) is 31.0 Å². The summed E-state index contributed by atoms with van der Waals surface area (Å²) in [6.07, 6.45) is 4.34. The number of carbonyl (C=O) groups excluding carboxylic acids is 1. The zero-order chi connectivity index (χ0) is 13.1. The number of phenols is 1. The zero-order valence-electron chi connectivity index (χ0n) is 11.1. The molecule has 98 valence electrons. The molecular formula is C15H21NO2. The predicted molar refractivity (Wildman–Crippen MR) is 71.2 cm³/mol. The molecule has 0 aliphatic heterocycles. The van der Waals surface area contributed by atoms with Gasteiger partial charge in [-0.25, -0.2) is 0 Å². The maximum atomic E-state index is 12.3. The fraction of sp³-hybridized carbons (Fsp3) is 0.533. The lowest BCUT2D eigenvalue weighted by Crippen LogP contribution is -2.34. The van der Waals surface area contributed by atoms with E-state index in [4.69, 9.17) is 0 Å². The van der Waals surface area contributed by atoms with Gasteiger partial charge in [-0.2, -0.15) is 0 Å². The molecule has 0 bridgehead atoms. The number of para-hydroxylation sites is 1. The molecule has 1 N–H and O–H groups in total. The van der Waals surface area contributed by atoms with Crippen molar-refractivity contribution in [2.45, 2.75) is 38.6 Å². The van der Waals surface area contributed by atoms with E-state index in [0.29, 0.717) is 0 Å². The average molecular weight is 247 g/mol. The van der Waals surface area contributed by atoms with Gasteiger partial charge in [0.2, 0.25) is 5.91 Å². The number of hydrogen-bond donors (Lipinski definition) is 1. The maximum absolute atomic E-state index is 12.3. The second-order valence-electron chi connectivity index (χ2n) is 5.17. The molecule has 0 saturated heterocycles. The van der Waals surface area contributed by atoms with E-state index in [0.717, 1.165) is 31.2 Å². The number of carbonyl (C=O) groups is 1. The van der Waals surface area contributed by atoms with E-state index < -0.39 is 0 Å². The third-order valence-corrected chi connectivity index (χ3v) is 4.02. The van der Waals surface area contributed by atoms with Crippen molar-refractivity contribution < 1.29 is 9.90 Å². The Hall–Kier alpha value is -1.51. The summed E-state index contributed by atoms with van der Waals surface area (Å²) >= 11 is 0. The summed E-state index contributed by atoms with van der Waals surface area (Å²) in [6, 6.07) is 7.14. The van der Waals surface area contributed by atoms with Gasteiger partial charge in [-0.05, 0) is 25.8 Å². The highest BCUT2D eigenvalue weighted by molar-refractivity contribution is 5.79. The van der Waals surface area contributed by atoms with Crippen LogP contribution in [0, 0.1) is 5.92 Å². The molecule has 3 heteroatoms. The molecule has 1 unspecified atom stereocenters. The first kappa shape index (κ1) is 12.9. The van der Waals surface area contributed by atoms with Crippen LogP contribution in [0.1, 0.15) is 44.2 Å². The van der Waals surface area contributed by atoms with Crippen molar-refractivity contribution in [3.63, 3.8) is 0 Å². The first-order chi connectivity index (χ1) is 8.61. The predicted octanol–water partition coefficient (Wildman–Crippen LogP) is 3.10. The second-order valence-corrected chi connectivity index (χ2v) is 5.17. The van der Waals surface area contributed by atoms with E-state index >= 15 is 0 Å². The lowest BCUT2D eigenvalue weighted by molar-refractivity contribution is -0.136. The van der Waals surface area contributed by atoms with Crippen LogP contribution in [0.5, 0.6) is 5.75 Å². The van der Waals surface area contributed by atoms with Crippen molar-refractivity contribution in [3.8, 4) is 5.75 Å². The molecule has 1 aliphatic carbocycles. The molecule has 1 atom stereocenters. The molecule has 2 rings (SSSR count). The molecule has 18 heavy (non-hydrogen) atoms. The molecule has 1 aromatic rings. The summed E-state index contributed by atoms with van der Waals surface area (Å²) < 4.78 is 0. The first-order valence-electron chi connectivity index (χ1n) is 6.66. The van der Waals surface area contributed by atoms with Crippen LogP contribution in [-0.4, -0.2) is 23.0 Å². The van der Waals surface area contributed by atoms with Crippen molar-refractivity contribution in [3.05, 3.63) is 29.8 Å². The fourth-order valence-electron chi connectivity index (χ4n) is 2.70. The Labute approximate surface area is 108 Å². The summed E-state index contributed by atoms with van der Waals surface area (Å²) in [6.45, 7) is 1.96. The number of amides is 1. The van der Waals surface area contributed by atoms with Gasteiger partial charge in [-0.15, -0.1) is 0 Å². The van der Waals surface area contributed by atoms with Crippen LogP contribution >= 0.6 is 0 Å². The van der Waals surface area contributed by atoms with E-state index in [1.54, 1.807) is 17.0 Å². The van der Waals surface area contributed by atoms with Crippen molar-refractivity contribution >= 4 is 5.91 Å². The van der Waals surface area contributed by atoms with Crippen LogP contribution in [0.4, 0.5) is 0 Å². The third kappa shape index (κ3) is 2.50. The standard InChI is InChI=1S/C15H21NO2/c1-11(13-9-5-6-10-14(13)17)16(2)15(18)12-7-3-4-8-12/h5-6,9-12,17H,3-4,7-8H2,1-2H3. The molecule has 0 heterocycles.